The van der Waals surface area contributed by atoms with Crippen LogP contribution >= 0.6 is 15.9 Å². The van der Waals surface area contributed by atoms with Crippen LogP contribution in [0.25, 0.3) is 0 Å². The van der Waals surface area contributed by atoms with Gasteiger partial charge in [0.15, 0.2) is 0 Å². The van der Waals surface area contributed by atoms with Crippen LogP contribution < -0.4 is 5.01 Å². The third-order valence-corrected chi connectivity index (χ3v) is 4.17. The molecule has 0 fully saturated rings. The molecule has 1 aromatic carbocycles. The van der Waals surface area contributed by atoms with Crippen molar-refractivity contribution in [3.8, 4) is 0 Å². The van der Waals surface area contributed by atoms with E-state index in [0.29, 0.717) is 16.6 Å². The summed E-state index contributed by atoms with van der Waals surface area (Å²) in [6.45, 7) is 1.91. The van der Waals surface area contributed by atoms with Crippen molar-refractivity contribution >= 4 is 43.4 Å². The van der Waals surface area contributed by atoms with Crippen molar-refractivity contribution in [1.29, 1.82) is 0 Å². The van der Waals surface area contributed by atoms with Crippen LogP contribution in [0.15, 0.2) is 32.7 Å². The van der Waals surface area contributed by atoms with E-state index in [4.69, 9.17) is 4.55 Å². The van der Waals surface area contributed by atoms with Gasteiger partial charge in [0.25, 0.3) is 16.0 Å². The standard InChI is InChI=1S/C11H11BrN2O4S/c1-2-7-5-11(15)14(13-7)10-4-3-8(6-9(10)12)19(16,17)18/h3-4,6H,2,5H2,1H3,(H,16,17,18). The summed E-state index contributed by atoms with van der Waals surface area (Å²) in [6.07, 6.45) is 0.950. The summed E-state index contributed by atoms with van der Waals surface area (Å²) < 4.78 is 31.3. The predicted molar refractivity (Wildman–Crippen MR) is 73.8 cm³/mol. The normalized spacial score (nSPS) is 15.8. The Hall–Kier alpha value is -1.25. The number of rotatable bonds is 3. The number of benzene rings is 1. The van der Waals surface area contributed by atoms with E-state index in [1.165, 1.54) is 23.2 Å². The van der Waals surface area contributed by atoms with Crippen LogP contribution in [0.4, 0.5) is 5.69 Å². The number of amides is 1. The number of halogens is 1. The molecule has 1 N–H and O–H groups in total. The Morgan fingerprint density at radius 2 is 2.16 bits per heavy atom. The maximum absolute atomic E-state index is 11.8. The summed E-state index contributed by atoms with van der Waals surface area (Å²) in [5.41, 5.74) is 1.22. The van der Waals surface area contributed by atoms with Gasteiger partial charge in [-0.25, -0.2) is 0 Å². The Balaban J connectivity index is 2.43. The van der Waals surface area contributed by atoms with Gasteiger partial charge in [-0.05, 0) is 40.5 Å². The smallest absolute Gasteiger partial charge is 0.282 e. The molecule has 8 heteroatoms. The maximum atomic E-state index is 11.8. The average molecular weight is 347 g/mol. The third-order valence-electron chi connectivity index (χ3n) is 2.69. The SMILES string of the molecule is CCC1=NN(c2ccc(S(=O)(=O)O)cc2Br)C(=O)C1. The Morgan fingerprint density at radius 1 is 1.47 bits per heavy atom. The molecule has 2 rings (SSSR count). The lowest BCUT2D eigenvalue weighted by molar-refractivity contribution is -0.116. The highest BCUT2D eigenvalue weighted by Crippen LogP contribution is 2.31. The highest BCUT2D eigenvalue weighted by atomic mass is 79.9. The molecule has 1 heterocycles. The van der Waals surface area contributed by atoms with Crippen LogP contribution in [0.1, 0.15) is 19.8 Å². The van der Waals surface area contributed by atoms with Gasteiger partial charge in [0, 0.05) is 10.2 Å². The van der Waals surface area contributed by atoms with Gasteiger partial charge in [0.05, 0.1) is 17.0 Å². The van der Waals surface area contributed by atoms with E-state index in [2.05, 4.69) is 21.0 Å². The minimum atomic E-state index is -4.26. The van der Waals surface area contributed by atoms with Crippen molar-refractivity contribution in [2.75, 3.05) is 5.01 Å². The van der Waals surface area contributed by atoms with Crippen molar-refractivity contribution in [2.24, 2.45) is 5.10 Å². The van der Waals surface area contributed by atoms with Crippen LogP contribution in [0, 0.1) is 0 Å². The molecule has 1 aliphatic rings. The first-order chi connectivity index (χ1) is 8.82. The molecule has 0 aromatic heterocycles. The molecule has 0 radical (unpaired) electrons. The zero-order chi connectivity index (χ0) is 14.2. The number of nitrogens with zero attached hydrogens (tertiary/aromatic N) is 2. The van der Waals surface area contributed by atoms with Crippen LogP contribution in [0.5, 0.6) is 0 Å². The van der Waals surface area contributed by atoms with E-state index in [1.807, 2.05) is 6.92 Å². The van der Waals surface area contributed by atoms with Crippen LogP contribution in [0.3, 0.4) is 0 Å². The monoisotopic (exact) mass is 346 g/mol. The van der Waals surface area contributed by atoms with Crippen molar-refractivity contribution < 1.29 is 17.8 Å². The quantitative estimate of drug-likeness (QED) is 0.849. The molecule has 0 spiro atoms. The topological polar surface area (TPSA) is 87.0 Å². The summed E-state index contributed by atoms with van der Waals surface area (Å²) in [5.74, 6) is -0.169. The first-order valence-corrected chi connectivity index (χ1v) is 7.72. The number of carbonyl (C=O) groups is 1. The maximum Gasteiger partial charge on any atom is 0.294 e. The molecular formula is C11H11BrN2O4S. The molecule has 0 saturated heterocycles. The van der Waals surface area contributed by atoms with Crippen molar-refractivity contribution in [3.05, 3.63) is 22.7 Å². The zero-order valence-corrected chi connectivity index (χ0v) is 12.4. The summed E-state index contributed by atoms with van der Waals surface area (Å²) >= 11 is 3.18. The fraction of sp³-hybridized carbons (Fsp3) is 0.273. The zero-order valence-electron chi connectivity index (χ0n) is 10.00. The number of hydrogen-bond acceptors (Lipinski definition) is 4. The second-order valence-electron chi connectivity index (χ2n) is 3.99. The van der Waals surface area contributed by atoms with Gasteiger partial charge >= 0.3 is 0 Å². The molecule has 1 amide bonds. The van der Waals surface area contributed by atoms with Gasteiger partial charge in [-0.1, -0.05) is 6.92 Å². The molecule has 102 valence electrons. The molecule has 6 nitrogen and oxygen atoms in total. The number of hydrogen-bond donors (Lipinski definition) is 1. The molecule has 0 aliphatic carbocycles. The summed E-state index contributed by atoms with van der Waals surface area (Å²) in [5, 5.41) is 5.40. The van der Waals surface area contributed by atoms with Gasteiger partial charge in [-0.2, -0.15) is 18.5 Å². The van der Waals surface area contributed by atoms with E-state index >= 15 is 0 Å². The lowest BCUT2D eigenvalue weighted by Crippen LogP contribution is -2.20. The molecule has 0 unspecified atom stereocenters. The average Bonchev–Trinajstić information content (AvgIpc) is 2.69. The summed E-state index contributed by atoms with van der Waals surface area (Å²) in [4.78, 5) is 11.6. The second-order valence-corrected chi connectivity index (χ2v) is 6.27. The van der Waals surface area contributed by atoms with Gasteiger partial charge in [-0.3, -0.25) is 9.35 Å². The van der Waals surface area contributed by atoms with Gasteiger partial charge in [0.1, 0.15) is 0 Å². The minimum absolute atomic E-state index is 0.169. The predicted octanol–water partition coefficient (Wildman–Crippen LogP) is 2.20. The first-order valence-electron chi connectivity index (χ1n) is 5.49. The largest absolute Gasteiger partial charge is 0.294 e. The van der Waals surface area contributed by atoms with E-state index in [0.717, 1.165) is 5.71 Å². The van der Waals surface area contributed by atoms with Crippen molar-refractivity contribution in [3.63, 3.8) is 0 Å². The fourth-order valence-electron chi connectivity index (χ4n) is 1.69. The van der Waals surface area contributed by atoms with E-state index in [-0.39, 0.29) is 17.2 Å². The molecule has 1 aliphatic heterocycles. The number of anilines is 1. The third kappa shape index (κ3) is 2.85. The van der Waals surface area contributed by atoms with Gasteiger partial charge in [-0.15, -0.1) is 0 Å². The molecule has 0 atom stereocenters. The van der Waals surface area contributed by atoms with Gasteiger partial charge in [0.2, 0.25) is 0 Å². The molecule has 1 aromatic rings. The Kier molecular flexibility index (Phi) is 3.75. The van der Waals surface area contributed by atoms with Crippen molar-refractivity contribution in [1.82, 2.24) is 0 Å². The first kappa shape index (κ1) is 14.2. The van der Waals surface area contributed by atoms with E-state index in [1.54, 1.807) is 0 Å². The lowest BCUT2D eigenvalue weighted by atomic mass is 10.2. The van der Waals surface area contributed by atoms with E-state index < -0.39 is 10.1 Å². The van der Waals surface area contributed by atoms with Crippen LogP contribution in [0.2, 0.25) is 0 Å². The second kappa shape index (κ2) is 5.03. The van der Waals surface area contributed by atoms with Crippen LogP contribution in [-0.2, 0) is 14.9 Å². The Bertz CT molecular complexity index is 669. The van der Waals surface area contributed by atoms with Crippen molar-refractivity contribution in [2.45, 2.75) is 24.7 Å². The molecule has 0 saturated carbocycles. The highest BCUT2D eigenvalue weighted by molar-refractivity contribution is 9.10. The number of carbonyl (C=O) groups excluding carboxylic acids is 1. The lowest BCUT2D eigenvalue weighted by Gasteiger charge is -2.14. The van der Waals surface area contributed by atoms with Gasteiger partial charge < -0.3 is 0 Å². The molecule has 0 bridgehead atoms. The highest BCUT2D eigenvalue weighted by Gasteiger charge is 2.26. The molecule has 19 heavy (non-hydrogen) atoms. The number of hydrazone groups is 1. The fourth-order valence-corrected chi connectivity index (χ4v) is 2.89. The minimum Gasteiger partial charge on any atom is -0.282 e. The summed E-state index contributed by atoms with van der Waals surface area (Å²) in [6, 6.07) is 3.88. The molecular weight excluding hydrogens is 336 g/mol. The summed E-state index contributed by atoms with van der Waals surface area (Å²) in [7, 11) is -4.26. The Morgan fingerprint density at radius 3 is 2.63 bits per heavy atom. The Labute approximate surface area is 119 Å². The van der Waals surface area contributed by atoms with E-state index in [9.17, 15) is 13.2 Å². The van der Waals surface area contributed by atoms with Crippen LogP contribution in [-0.4, -0.2) is 24.6 Å².